The topological polar surface area (TPSA) is 95.7 Å². The van der Waals surface area contributed by atoms with Gasteiger partial charge in [-0.3, -0.25) is 14.5 Å². The molecule has 2 saturated heterocycles. The Morgan fingerprint density at radius 1 is 0.941 bits per heavy atom. The van der Waals surface area contributed by atoms with Crippen LogP contribution in [-0.2, 0) is 11.2 Å². The molecule has 4 atom stereocenters. The van der Waals surface area contributed by atoms with E-state index < -0.39 is 18.5 Å². The molecule has 2 N–H and O–H groups in total. The SMILES string of the molecule is O=C(O)[C@@H](CO)Cc1nc2ccccc2n(C2C[C@H]3CC[C@@H](C2)N3C2CCCCCCC2)c1=O. The molecule has 7 nitrogen and oxygen atoms in total. The number of aliphatic hydroxyl groups is 1. The van der Waals surface area contributed by atoms with E-state index >= 15 is 0 Å². The van der Waals surface area contributed by atoms with Gasteiger partial charge in [-0.1, -0.05) is 44.2 Å². The third kappa shape index (κ3) is 4.52. The molecule has 7 heteroatoms. The van der Waals surface area contributed by atoms with Crippen LogP contribution in [0, 0.1) is 5.92 Å². The zero-order valence-corrected chi connectivity index (χ0v) is 19.9. The summed E-state index contributed by atoms with van der Waals surface area (Å²) in [5.74, 6) is -2.12. The van der Waals surface area contributed by atoms with Crippen molar-refractivity contribution >= 4 is 17.0 Å². The number of nitrogens with zero attached hydrogens (tertiary/aromatic N) is 3. The van der Waals surface area contributed by atoms with Crippen LogP contribution in [0.5, 0.6) is 0 Å². The maximum atomic E-state index is 13.7. The van der Waals surface area contributed by atoms with Crippen LogP contribution in [0.3, 0.4) is 0 Å². The van der Waals surface area contributed by atoms with E-state index in [0.717, 1.165) is 18.4 Å². The Labute approximate surface area is 200 Å². The van der Waals surface area contributed by atoms with Gasteiger partial charge in [-0.2, -0.15) is 0 Å². The summed E-state index contributed by atoms with van der Waals surface area (Å²) in [5.41, 5.74) is 1.60. The van der Waals surface area contributed by atoms with Crippen LogP contribution in [0.25, 0.3) is 11.0 Å². The van der Waals surface area contributed by atoms with Crippen molar-refractivity contribution in [3.63, 3.8) is 0 Å². The number of para-hydroxylation sites is 2. The second kappa shape index (κ2) is 10.2. The highest BCUT2D eigenvalue weighted by molar-refractivity contribution is 5.75. The van der Waals surface area contributed by atoms with E-state index in [1.54, 1.807) is 0 Å². The maximum Gasteiger partial charge on any atom is 0.309 e. The molecule has 1 aromatic heterocycles. The van der Waals surface area contributed by atoms with Crippen molar-refractivity contribution in [1.29, 1.82) is 0 Å². The van der Waals surface area contributed by atoms with Crippen molar-refractivity contribution in [2.45, 2.75) is 101 Å². The van der Waals surface area contributed by atoms with Crippen LogP contribution >= 0.6 is 0 Å². The van der Waals surface area contributed by atoms with Crippen molar-refractivity contribution in [3.05, 3.63) is 40.3 Å². The Balaban J connectivity index is 1.46. The van der Waals surface area contributed by atoms with Gasteiger partial charge in [0.05, 0.1) is 23.6 Å². The fraction of sp³-hybridized carbons (Fsp3) is 0.667. The van der Waals surface area contributed by atoms with E-state index in [-0.39, 0.29) is 23.7 Å². The van der Waals surface area contributed by atoms with Gasteiger partial charge in [0.2, 0.25) is 0 Å². The molecule has 0 radical (unpaired) electrons. The first kappa shape index (κ1) is 23.5. The lowest BCUT2D eigenvalue weighted by Crippen LogP contribution is -2.50. The molecule has 1 unspecified atom stereocenters. The molecule has 0 spiro atoms. The van der Waals surface area contributed by atoms with Crippen molar-refractivity contribution in [2.24, 2.45) is 5.92 Å². The van der Waals surface area contributed by atoms with Crippen molar-refractivity contribution < 1.29 is 15.0 Å². The van der Waals surface area contributed by atoms with Gasteiger partial charge in [-0.05, 0) is 50.7 Å². The van der Waals surface area contributed by atoms with E-state index in [1.165, 1.54) is 57.8 Å². The highest BCUT2D eigenvalue weighted by Crippen LogP contribution is 2.44. The Morgan fingerprint density at radius 2 is 1.59 bits per heavy atom. The normalized spacial score (nSPS) is 27.4. The number of carboxylic acids is 1. The first-order valence-corrected chi connectivity index (χ1v) is 13.2. The van der Waals surface area contributed by atoms with Crippen LogP contribution in [0.1, 0.15) is 82.4 Å². The van der Waals surface area contributed by atoms with Gasteiger partial charge in [0.15, 0.2) is 0 Å². The molecule has 3 heterocycles. The number of benzene rings is 1. The zero-order valence-electron chi connectivity index (χ0n) is 19.9. The summed E-state index contributed by atoms with van der Waals surface area (Å²) in [6.45, 7) is -0.507. The monoisotopic (exact) mass is 467 g/mol. The lowest BCUT2D eigenvalue weighted by atomic mass is 9.89. The van der Waals surface area contributed by atoms with Gasteiger partial charge in [0.25, 0.3) is 5.56 Å². The molecule has 0 amide bonds. The fourth-order valence-corrected chi connectivity index (χ4v) is 6.89. The third-order valence-electron chi connectivity index (χ3n) is 8.50. The molecule has 1 saturated carbocycles. The Hall–Kier alpha value is -2.25. The summed E-state index contributed by atoms with van der Waals surface area (Å²) in [5, 5.41) is 18.9. The van der Waals surface area contributed by atoms with Gasteiger partial charge in [0, 0.05) is 30.6 Å². The lowest BCUT2D eigenvalue weighted by molar-refractivity contribution is -0.143. The summed E-state index contributed by atoms with van der Waals surface area (Å²) in [7, 11) is 0. The van der Waals surface area contributed by atoms with E-state index in [9.17, 15) is 19.8 Å². The summed E-state index contributed by atoms with van der Waals surface area (Å²) >= 11 is 0. The first-order valence-electron chi connectivity index (χ1n) is 13.2. The minimum Gasteiger partial charge on any atom is -0.481 e. The summed E-state index contributed by atoms with van der Waals surface area (Å²) < 4.78 is 1.91. The molecular formula is C27H37N3O4. The average Bonchev–Trinajstić information content (AvgIpc) is 3.06. The molecule has 2 aromatic rings. The van der Waals surface area contributed by atoms with Crippen LogP contribution in [0.15, 0.2) is 29.1 Å². The summed E-state index contributed by atoms with van der Waals surface area (Å²) in [4.78, 5) is 32.6. The molecule has 184 valence electrons. The molecule has 5 rings (SSSR count). The number of carboxylic acid groups (broad SMARTS) is 1. The molecular weight excluding hydrogens is 430 g/mol. The molecule has 1 aliphatic carbocycles. The van der Waals surface area contributed by atoms with Gasteiger partial charge in [-0.15, -0.1) is 0 Å². The number of hydrogen-bond acceptors (Lipinski definition) is 5. The lowest BCUT2D eigenvalue weighted by Gasteiger charge is -2.45. The molecule has 3 aliphatic rings. The zero-order chi connectivity index (χ0) is 23.7. The van der Waals surface area contributed by atoms with Crippen LogP contribution in [-0.4, -0.2) is 55.4 Å². The number of fused-ring (bicyclic) bond motifs is 3. The van der Waals surface area contributed by atoms with Gasteiger partial charge < -0.3 is 14.8 Å². The van der Waals surface area contributed by atoms with Crippen LogP contribution < -0.4 is 5.56 Å². The highest BCUT2D eigenvalue weighted by atomic mass is 16.4. The Kier molecular flexibility index (Phi) is 7.02. The van der Waals surface area contributed by atoms with Gasteiger partial charge in [0.1, 0.15) is 5.69 Å². The minimum atomic E-state index is -1.10. The number of aromatic nitrogens is 2. The van der Waals surface area contributed by atoms with Crippen LogP contribution in [0.2, 0.25) is 0 Å². The number of piperidine rings is 1. The van der Waals surface area contributed by atoms with E-state index in [1.807, 2.05) is 28.8 Å². The maximum absolute atomic E-state index is 13.7. The molecule has 3 fully saturated rings. The quantitative estimate of drug-likeness (QED) is 0.669. The van der Waals surface area contributed by atoms with E-state index in [0.29, 0.717) is 23.6 Å². The highest BCUT2D eigenvalue weighted by Gasteiger charge is 2.44. The number of carbonyl (C=O) groups is 1. The Morgan fingerprint density at radius 3 is 2.24 bits per heavy atom. The van der Waals surface area contributed by atoms with Crippen LogP contribution in [0.4, 0.5) is 0 Å². The first-order chi connectivity index (χ1) is 16.6. The number of aliphatic hydroxyl groups excluding tert-OH is 1. The number of aliphatic carboxylic acids is 1. The van der Waals surface area contributed by atoms with E-state index in [4.69, 9.17) is 0 Å². The molecule has 2 bridgehead atoms. The summed E-state index contributed by atoms with van der Waals surface area (Å²) in [6, 6.07) is 9.49. The van der Waals surface area contributed by atoms with Crippen molar-refractivity contribution in [1.82, 2.24) is 14.5 Å². The van der Waals surface area contributed by atoms with Gasteiger partial charge >= 0.3 is 5.97 Å². The molecule has 1 aromatic carbocycles. The third-order valence-corrected chi connectivity index (χ3v) is 8.50. The minimum absolute atomic E-state index is 0.0523. The fourth-order valence-electron chi connectivity index (χ4n) is 6.89. The summed E-state index contributed by atoms with van der Waals surface area (Å²) in [6.07, 6.45) is 13.6. The largest absolute Gasteiger partial charge is 0.481 e. The molecule has 2 aliphatic heterocycles. The smallest absolute Gasteiger partial charge is 0.309 e. The predicted octanol–water partition coefficient (Wildman–Crippen LogP) is 3.91. The predicted molar refractivity (Wildman–Crippen MR) is 131 cm³/mol. The van der Waals surface area contributed by atoms with E-state index in [2.05, 4.69) is 9.88 Å². The Bertz CT molecular complexity index is 1060. The second-order valence-electron chi connectivity index (χ2n) is 10.6. The standard InChI is InChI=1S/C27H37N3O4/c31-17-18(27(33)34)14-24-26(32)30(25-11-7-6-10-23(25)28-24)22-15-20-12-13-21(16-22)29(20)19-8-4-2-1-3-5-9-19/h6-7,10-11,18-22,31H,1-5,8-9,12-17H2,(H,33,34)/t18-,20-,21+,22?/m1/s1. The number of hydrogen-bond donors (Lipinski definition) is 2. The van der Waals surface area contributed by atoms with Crippen molar-refractivity contribution in [3.8, 4) is 0 Å². The van der Waals surface area contributed by atoms with Gasteiger partial charge in [-0.25, -0.2) is 4.98 Å². The average molecular weight is 468 g/mol. The second-order valence-corrected chi connectivity index (χ2v) is 10.6. The van der Waals surface area contributed by atoms with Crippen molar-refractivity contribution in [2.75, 3.05) is 6.61 Å². The number of rotatable bonds is 6. The molecule has 34 heavy (non-hydrogen) atoms.